The fourth-order valence-corrected chi connectivity index (χ4v) is 4.34. The minimum absolute atomic E-state index is 0.182. The lowest BCUT2D eigenvalue weighted by molar-refractivity contribution is -0.138. The van der Waals surface area contributed by atoms with Crippen LogP contribution in [-0.4, -0.2) is 15.6 Å². The molecule has 1 atom stereocenters. The van der Waals surface area contributed by atoms with E-state index in [9.17, 15) is 23.1 Å². The van der Waals surface area contributed by atoms with Crippen LogP contribution in [0, 0.1) is 0 Å². The van der Waals surface area contributed by atoms with Crippen LogP contribution in [0.3, 0.4) is 0 Å². The number of carbonyl (C=O) groups is 1. The molecule has 0 saturated carbocycles. The summed E-state index contributed by atoms with van der Waals surface area (Å²) in [7, 11) is 0. The normalized spacial score (nSPS) is 18.6. The van der Waals surface area contributed by atoms with Crippen molar-refractivity contribution in [2.24, 2.45) is 0 Å². The quantitative estimate of drug-likeness (QED) is 0.502. The molecule has 3 aromatic rings. The molecule has 0 fully saturated rings. The van der Waals surface area contributed by atoms with Gasteiger partial charge in [0.1, 0.15) is 6.54 Å². The van der Waals surface area contributed by atoms with Gasteiger partial charge in [-0.05, 0) is 53.8 Å². The first-order valence-electron chi connectivity index (χ1n) is 10.1. The Hall–Kier alpha value is -3.28. The van der Waals surface area contributed by atoms with Gasteiger partial charge in [0, 0.05) is 22.5 Å². The molecule has 1 unspecified atom stereocenters. The van der Waals surface area contributed by atoms with Crippen LogP contribution >= 0.6 is 0 Å². The van der Waals surface area contributed by atoms with E-state index in [-0.39, 0.29) is 12.0 Å². The topological polar surface area (TPSA) is 42.2 Å². The Morgan fingerprint density at radius 2 is 1.90 bits per heavy atom. The van der Waals surface area contributed by atoms with Crippen molar-refractivity contribution in [3.05, 3.63) is 84.1 Å². The van der Waals surface area contributed by atoms with Crippen molar-refractivity contribution < 1.29 is 23.1 Å². The van der Waals surface area contributed by atoms with Crippen LogP contribution in [0.15, 0.2) is 73.0 Å². The molecule has 4 rings (SSSR count). The Morgan fingerprint density at radius 3 is 2.55 bits per heavy atom. The van der Waals surface area contributed by atoms with Crippen molar-refractivity contribution in [2.45, 2.75) is 37.9 Å². The van der Waals surface area contributed by atoms with E-state index in [1.54, 1.807) is 22.8 Å². The third-order valence-electron chi connectivity index (χ3n) is 6.02. The van der Waals surface area contributed by atoms with E-state index in [4.69, 9.17) is 0 Å². The van der Waals surface area contributed by atoms with Crippen molar-refractivity contribution in [1.29, 1.82) is 0 Å². The minimum atomic E-state index is -4.42. The highest BCUT2D eigenvalue weighted by Gasteiger charge is 2.32. The molecule has 6 heteroatoms. The molecule has 1 heterocycles. The average molecular weight is 425 g/mol. The smallest absolute Gasteiger partial charge is 0.416 e. The molecule has 0 saturated heterocycles. The Labute approximate surface area is 178 Å². The number of rotatable bonds is 5. The second-order valence-electron chi connectivity index (χ2n) is 7.88. The molecule has 3 nitrogen and oxygen atoms in total. The maximum absolute atomic E-state index is 13.2. The molecule has 1 aliphatic carbocycles. The molecule has 0 bridgehead atoms. The number of benzene rings is 2. The fourth-order valence-electron chi connectivity index (χ4n) is 4.34. The predicted molar refractivity (Wildman–Crippen MR) is 115 cm³/mol. The number of nitrogens with zero attached hydrogens (tertiary/aromatic N) is 1. The Bertz CT molecular complexity index is 1200. The van der Waals surface area contributed by atoms with E-state index >= 15 is 0 Å². The van der Waals surface area contributed by atoms with Crippen molar-refractivity contribution in [3.63, 3.8) is 0 Å². The molecular weight excluding hydrogens is 403 g/mol. The van der Waals surface area contributed by atoms with Gasteiger partial charge in [-0.15, -0.1) is 0 Å². The highest BCUT2D eigenvalue weighted by Crippen LogP contribution is 2.42. The van der Waals surface area contributed by atoms with Gasteiger partial charge in [-0.1, -0.05) is 49.4 Å². The molecule has 1 N–H and O–H groups in total. The van der Waals surface area contributed by atoms with Crippen molar-refractivity contribution in [3.8, 4) is 11.1 Å². The van der Waals surface area contributed by atoms with E-state index in [1.807, 2.05) is 24.4 Å². The maximum atomic E-state index is 13.2. The van der Waals surface area contributed by atoms with Crippen molar-refractivity contribution in [2.75, 3.05) is 0 Å². The van der Waals surface area contributed by atoms with Gasteiger partial charge >= 0.3 is 12.1 Å². The van der Waals surface area contributed by atoms with Gasteiger partial charge < -0.3 is 9.67 Å². The van der Waals surface area contributed by atoms with E-state index in [0.717, 1.165) is 41.4 Å². The molecule has 31 heavy (non-hydrogen) atoms. The van der Waals surface area contributed by atoms with E-state index < -0.39 is 17.7 Å². The lowest BCUT2D eigenvalue weighted by atomic mass is 9.73. The fraction of sp³-hybridized carbons (Fsp3) is 0.240. The number of carboxylic acid groups (broad SMARTS) is 1. The lowest BCUT2D eigenvalue weighted by Gasteiger charge is -2.30. The molecule has 0 aliphatic heterocycles. The summed E-state index contributed by atoms with van der Waals surface area (Å²) < 4.78 is 41.3. The van der Waals surface area contributed by atoms with Crippen LogP contribution in [0.1, 0.15) is 30.9 Å². The van der Waals surface area contributed by atoms with Gasteiger partial charge in [0.25, 0.3) is 0 Å². The Morgan fingerprint density at radius 1 is 1.13 bits per heavy atom. The molecule has 160 valence electrons. The summed E-state index contributed by atoms with van der Waals surface area (Å²) in [6.07, 6.45) is 7.24. The standard InChI is InChI=1S/C25H22F3NO2/c1-2-24(11-4-3-5-12-24)21-15-29(16-23(30)31)22-10-9-18(14-20(21)22)17-7-6-8-19(13-17)25(26,27)28/h3-11,13-15H,2,12,16H2,1H3,(H,30,31). The van der Waals surface area contributed by atoms with Gasteiger partial charge in [0.05, 0.1) is 5.56 Å². The van der Waals surface area contributed by atoms with Gasteiger partial charge in [0.2, 0.25) is 0 Å². The minimum Gasteiger partial charge on any atom is -0.480 e. The summed E-state index contributed by atoms with van der Waals surface area (Å²) in [4.78, 5) is 11.4. The zero-order chi connectivity index (χ0) is 22.2. The number of hydrogen-bond acceptors (Lipinski definition) is 1. The summed E-state index contributed by atoms with van der Waals surface area (Å²) >= 11 is 0. The Balaban J connectivity index is 1.91. The number of aliphatic carboxylic acids is 1. The molecule has 2 aromatic carbocycles. The number of aromatic nitrogens is 1. The second-order valence-corrected chi connectivity index (χ2v) is 7.88. The number of alkyl halides is 3. The van der Waals surface area contributed by atoms with Crippen LogP contribution in [0.5, 0.6) is 0 Å². The highest BCUT2D eigenvalue weighted by molar-refractivity contribution is 5.91. The summed E-state index contributed by atoms with van der Waals surface area (Å²) in [5.41, 5.74) is 1.89. The molecular formula is C25H22F3NO2. The first-order chi connectivity index (χ1) is 14.7. The van der Waals surface area contributed by atoms with E-state index in [1.165, 1.54) is 6.07 Å². The first-order valence-corrected chi connectivity index (χ1v) is 10.1. The van der Waals surface area contributed by atoms with Crippen LogP contribution in [0.4, 0.5) is 13.2 Å². The lowest BCUT2D eigenvalue weighted by Crippen LogP contribution is -2.23. The predicted octanol–water partition coefficient (Wildman–Crippen LogP) is 6.58. The number of hydrogen-bond donors (Lipinski definition) is 1. The monoisotopic (exact) mass is 425 g/mol. The van der Waals surface area contributed by atoms with Gasteiger partial charge in [-0.3, -0.25) is 4.79 Å². The maximum Gasteiger partial charge on any atom is 0.416 e. The van der Waals surface area contributed by atoms with E-state index in [0.29, 0.717) is 11.1 Å². The Kier molecular flexibility index (Phi) is 5.25. The second kappa shape index (κ2) is 7.76. The van der Waals surface area contributed by atoms with Gasteiger partial charge in [-0.25, -0.2) is 0 Å². The summed E-state index contributed by atoms with van der Waals surface area (Å²) in [6.45, 7) is 1.90. The zero-order valence-electron chi connectivity index (χ0n) is 17.0. The van der Waals surface area contributed by atoms with Gasteiger partial charge in [-0.2, -0.15) is 13.2 Å². The molecule has 0 spiro atoms. The molecule has 0 radical (unpaired) electrons. The first kappa shape index (κ1) is 21.0. The number of carboxylic acids is 1. The van der Waals surface area contributed by atoms with Crippen molar-refractivity contribution >= 4 is 16.9 Å². The average Bonchev–Trinajstić information content (AvgIpc) is 3.11. The zero-order valence-corrected chi connectivity index (χ0v) is 17.0. The molecule has 1 aromatic heterocycles. The van der Waals surface area contributed by atoms with E-state index in [2.05, 4.69) is 19.1 Å². The SMILES string of the molecule is CCC1(c2cn(CC(=O)O)c3ccc(-c4cccc(C(F)(F)F)c4)cc23)C=CC=CC1. The molecule has 1 aliphatic rings. The summed E-state index contributed by atoms with van der Waals surface area (Å²) in [6, 6.07) is 10.7. The third-order valence-corrected chi connectivity index (χ3v) is 6.02. The largest absolute Gasteiger partial charge is 0.480 e. The third kappa shape index (κ3) is 3.90. The summed E-state index contributed by atoms with van der Waals surface area (Å²) in [5.74, 6) is -0.949. The van der Waals surface area contributed by atoms with Crippen LogP contribution in [0.2, 0.25) is 0 Å². The van der Waals surface area contributed by atoms with Crippen LogP contribution in [0.25, 0.3) is 22.0 Å². The van der Waals surface area contributed by atoms with Gasteiger partial charge in [0.15, 0.2) is 0 Å². The van der Waals surface area contributed by atoms with Crippen LogP contribution < -0.4 is 0 Å². The van der Waals surface area contributed by atoms with Crippen LogP contribution in [-0.2, 0) is 22.9 Å². The number of allylic oxidation sites excluding steroid dienone is 4. The number of fused-ring (bicyclic) bond motifs is 1. The molecule has 0 amide bonds. The highest BCUT2D eigenvalue weighted by atomic mass is 19.4. The van der Waals surface area contributed by atoms with Crippen molar-refractivity contribution in [1.82, 2.24) is 4.57 Å². The number of halogens is 3. The summed E-state index contributed by atoms with van der Waals surface area (Å²) in [5, 5.41) is 10.2.